The highest BCUT2D eigenvalue weighted by Gasteiger charge is 2.21. The van der Waals surface area contributed by atoms with Gasteiger partial charge in [0.15, 0.2) is 5.82 Å². The number of anilines is 2. The maximum Gasteiger partial charge on any atom is 0.230 e. The number of nitrogens with zero attached hydrogens (tertiary/aromatic N) is 5. The second-order valence-electron chi connectivity index (χ2n) is 7.30. The van der Waals surface area contributed by atoms with Crippen molar-refractivity contribution < 1.29 is 13.9 Å². The van der Waals surface area contributed by atoms with E-state index in [4.69, 9.17) is 16.3 Å². The number of hydrogen-bond donors (Lipinski definition) is 1. The Kier molecular flexibility index (Phi) is 6.59. The molecule has 2 aliphatic rings. The number of hydrogen-bond acceptors (Lipinski definition) is 7. The zero-order chi connectivity index (χ0) is 20.9. The zero-order valence-corrected chi connectivity index (χ0v) is 17.4. The van der Waals surface area contributed by atoms with Crippen LogP contribution in [0.25, 0.3) is 0 Å². The molecule has 0 spiro atoms. The van der Waals surface area contributed by atoms with E-state index in [1.807, 2.05) is 0 Å². The molecule has 0 unspecified atom stereocenters. The predicted octanol–water partition coefficient (Wildman–Crippen LogP) is 1.96. The van der Waals surface area contributed by atoms with Gasteiger partial charge in [0.25, 0.3) is 0 Å². The lowest BCUT2D eigenvalue weighted by Gasteiger charge is -2.28. The quantitative estimate of drug-likeness (QED) is 0.744. The fourth-order valence-electron chi connectivity index (χ4n) is 3.54. The number of carbonyl (C=O) groups is 1. The van der Waals surface area contributed by atoms with Gasteiger partial charge in [0.2, 0.25) is 17.8 Å². The molecule has 3 heterocycles. The van der Waals surface area contributed by atoms with E-state index in [1.54, 1.807) is 6.07 Å². The fraction of sp³-hybridized carbons (Fsp3) is 0.500. The summed E-state index contributed by atoms with van der Waals surface area (Å²) in [7, 11) is 0. The maximum absolute atomic E-state index is 13.9. The Morgan fingerprint density at radius 2 is 1.73 bits per heavy atom. The molecule has 30 heavy (non-hydrogen) atoms. The summed E-state index contributed by atoms with van der Waals surface area (Å²) in [6.45, 7) is 4.61. The van der Waals surface area contributed by atoms with Crippen LogP contribution in [-0.2, 0) is 22.5 Å². The standard InChI is InChI=1S/C20H24ClFN6O2/c21-15-4-3-5-16(22)14(15)12-18(29)23-13-17-24-19(27-6-1-2-7-27)26-20(25-17)28-8-10-30-11-9-28/h3-5H,1-2,6-13H2,(H,23,29). The number of rotatable bonds is 6. The lowest BCUT2D eigenvalue weighted by molar-refractivity contribution is -0.120. The third-order valence-electron chi connectivity index (χ3n) is 5.18. The third kappa shape index (κ3) is 4.96. The van der Waals surface area contributed by atoms with Crippen LogP contribution < -0.4 is 15.1 Å². The molecule has 0 radical (unpaired) electrons. The van der Waals surface area contributed by atoms with Crippen LogP contribution in [0.4, 0.5) is 16.3 Å². The Balaban J connectivity index is 1.48. The van der Waals surface area contributed by atoms with Gasteiger partial charge in [-0.15, -0.1) is 0 Å². The van der Waals surface area contributed by atoms with Crippen molar-refractivity contribution in [2.45, 2.75) is 25.8 Å². The van der Waals surface area contributed by atoms with Crippen LogP contribution in [0.15, 0.2) is 18.2 Å². The average Bonchev–Trinajstić information content (AvgIpc) is 3.30. The molecular weight excluding hydrogens is 411 g/mol. The van der Waals surface area contributed by atoms with Crippen LogP contribution in [0.1, 0.15) is 24.2 Å². The van der Waals surface area contributed by atoms with Gasteiger partial charge in [-0.05, 0) is 25.0 Å². The van der Waals surface area contributed by atoms with Gasteiger partial charge in [0.05, 0.1) is 26.2 Å². The van der Waals surface area contributed by atoms with Crippen molar-refractivity contribution in [1.29, 1.82) is 0 Å². The summed E-state index contributed by atoms with van der Waals surface area (Å²) in [5.41, 5.74) is 0.180. The molecule has 0 aliphatic carbocycles. The number of carbonyl (C=O) groups excluding carboxylic acids is 1. The predicted molar refractivity (Wildman–Crippen MR) is 111 cm³/mol. The molecule has 1 amide bonds. The van der Waals surface area contributed by atoms with Crippen LogP contribution >= 0.6 is 11.6 Å². The Morgan fingerprint density at radius 3 is 2.40 bits per heavy atom. The summed E-state index contributed by atoms with van der Waals surface area (Å²) in [4.78, 5) is 30.3. The summed E-state index contributed by atoms with van der Waals surface area (Å²) >= 11 is 6.02. The molecule has 8 nitrogen and oxygen atoms in total. The number of benzene rings is 1. The molecule has 2 saturated heterocycles. The van der Waals surface area contributed by atoms with E-state index < -0.39 is 5.82 Å². The second kappa shape index (κ2) is 9.53. The molecule has 1 aromatic carbocycles. The summed E-state index contributed by atoms with van der Waals surface area (Å²) in [6, 6.07) is 4.37. The van der Waals surface area contributed by atoms with Gasteiger partial charge in [0.1, 0.15) is 5.82 Å². The summed E-state index contributed by atoms with van der Waals surface area (Å²) in [5, 5.41) is 3.00. The van der Waals surface area contributed by atoms with E-state index in [-0.39, 0.29) is 29.5 Å². The Labute approximate surface area is 179 Å². The van der Waals surface area contributed by atoms with Gasteiger partial charge in [-0.1, -0.05) is 17.7 Å². The molecular formula is C20H24ClFN6O2. The van der Waals surface area contributed by atoms with E-state index in [0.717, 1.165) is 25.9 Å². The van der Waals surface area contributed by atoms with Crippen LogP contribution in [0.3, 0.4) is 0 Å². The first-order valence-electron chi connectivity index (χ1n) is 10.1. The molecule has 0 saturated carbocycles. The first kappa shape index (κ1) is 20.7. The summed E-state index contributed by atoms with van der Waals surface area (Å²) in [6.07, 6.45) is 2.06. The Morgan fingerprint density at radius 1 is 1.07 bits per heavy atom. The van der Waals surface area contributed by atoms with E-state index in [0.29, 0.717) is 44.0 Å². The van der Waals surface area contributed by atoms with Crippen molar-refractivity contribution in [3.63, 3.8) is 0 Å². The number of ether oxygens (including phenoxy) is 1. The van der Waals surface area contributed by atoms with Gasteiger partial charge < -0.3 is 19.9 Å². The van der Waals surface area contributed by atoms with E-state index in [2.05, 4.69) is 30.1 Å². The number of halogens is 2. The highest BCUT2D eigenvalue weighted by atomic mass is 35.5. The summed E-state index contributed by atoms with van der Waals surface area (Å²) < 4.78 is 19.4. The van der Waals surface area contributed by atoms with Gasteiger partial charge in [-0.25, -0.2) is 4.39 Å². The number of amides is 1. The van der Waals surface area contributed by atoms with Crippen molar-refractivity contribution in [3.05, 3.63) is 40.4 Å². The normalized spacial score (nSPS) is 16.7. The van der Waals surface area contributed by atoms with Crippen LogP contribution in [0.5, 0.6) is 0 Å². The molecule has 160 valence electrons. The monoisotopic (exact) mass is 434 g/mol. The number of morpholine rings is 1. The molecule has 10 heteroatoms. The topological polar surface area (TPSA) is 83.5 Å². The Hall–Kier alpha value is -2.52. The molecule has 4 rings (SSSR count). The van der Waals surface area contributed by atoms with Crippen molar-refractivity contribution in [2.24, 2.45) is 0 Å². The van der Waals surface area contributed by atoms with Crippen LogP contribution in [0.2, 0.25) is 5.02 Å². The minimum Gasteiger partial charge on any atom is -0.378 e. The van der Waals surface area contributed by atoms with Crippen molar-refractivity contribution >= 4 is 29.4 Å². The molecule has 0 bridgehead atoms. The number of nitrogens with one attached hydrogen (secondary N) is 1. The van der Waals surface area contributed by atoms with Crippen molar-refractivity contribution in [3.8, 4) is 0 Å². The highest BCUT2D eigenvalue weighted by Crippen LogP contribution is 2.21. The van der Waals surface area contributed by atoms with E-state index in [9.17, 15) is 9.18 Å². The maximum atomic E-state index is 13.9. The summed E-state index contributed by atoms with van der Waals surface area (Å²) in [5.74, 6) is 0.852. The van der Waals surface area contributed by atoms with Crippen molar-refractivity contribution in [1.82, 2.24) is 20.3 Å². The molecule has 1 aromatic heterocycles. The average molecular weight is 435 g/mol. The van der Waals surface area contributed by atoms with E-state index >= 15 is 0 Å². The SMILES string of the molecule is O=C(Cc1c(F)cccc1Cl)NCc1nc(N2CCCC2)nc(N2CCOCC2)n1. The zero-order valence-electron chi connectivity index (χ0n) is 16.6. The second-order valence-corrected chi connectivity index (χ2v) is 7.71. The van der Waals surface area contributed by atoms with Crippen LogP contribution in [0, 0.1) is 5.82 Å². The highest BCUT2D eigenvalue weighted by molar-refractivity contribution is 6.31. The first-order chi connectivity index (χ1) is 14.6. The molecule has 2 fully saturated rings. The van der Waals surface area contributed by atoms with Gasteiger partial charge in [-0.2, -0.15) is 15.0 Å². The van der Waals surface area contributed by atoms with E-state index in [1.165, 1.54) is 12.1 Å². The number of aromatic nitrogens is 3. The van der Waals surface area contributed by atoms with Crippen molar-refractivity contribution in [2.75, 3.05) is 49.2 Å². The van der Waals surface area contributed by atoms with Gasteiger partial charge >= 0.3 is 0 Å². The van der Waals surface area contributed by atoms with Gasteiger partial charge in [0, 0.05) is 36.8 Å². The molecule has 2 aliphatic heterocycles. The third-order valence-corrected chi connectivity index (χ3v) is 5.54. The fourth-order valence-corrected chi connectivity index (χ4v) is 3.77. The minimum absolute atomic E-state index is 0.131. The molecule has 2 aromatic rings. The smallest absolute Gasteiger partial charge is 0.230 e. The van der Waals surface area contributed by atoms with Crippen LogP contribution in [-0.4, -0.2) is 60.3 Å². The lowest BCUT2D eigenvalue weighted by atomic mass is 10.1. The molecule has 0 atom stereocenters. The Bertz CT molecular complexity index is 883. The van der Waals surface area contributed by atoms with Gasteiger partial charge in [-0.3, -0.25) is 4.79 Å². The molecule has 1 N–H and O–H groups in total. The first-order valence-corrected chi connectivity index (χ1v) is 10.5. The minimum atomic E-state index is -0.497. The largest absolute Gasteiger partial charge is 0.378 e. The lowest BCUT2D eigenvalue weighted by Crippen LogP contribution is -2.38.